The van der Waals surface area contributed by atoms with Gasteiger partial charge in [0.25, 0.3) is 5.91 Å². The van der Waals surface area contributed by atoms with Crippen LogP contribution in [-0.2, 0) is 0 Å². The van der Waals surface area contributed by atoms with Crippen molar-refractivity contribution in [2.24, 2.45) is 0 Å². The molecule has 1 aliphatic carbocycles. The van der Waals surface area contributed by atoms with E-state index in [1.165, 1.54) is 30.6 Å². The minimum Gasteiger partial charge on any atom is -0.349 e. The van der Waals surface area contributed by atoms with Gasteiger partial charge in [-0.05, 0) is 29.3 Å². The summed E-state index contributed by atoms with van der Waals surface area (Å²) < 4.78 is 1.89. The number of thiophene rings is 1. The molecule has 28 heavy (non-hydrogen) atoms. The second-order valence-corrected chi connectivity index (χ2v) is 8.13. The van der Waals surface area contributed by atoms with Crippen LogP contribution in [0.25, 0.3) is 27.9 Å². The maximum atomic E-state index is 12.6. The number of fused-ring (bicyclic) bond motifs is 1. The number of aromatic nitrogens is 5. The number of carbonyl (C=O) groups excluding carboxylic acids is 1. The molecule has 4 aromatic rings. The molecule has 5 rings (SSSR count). The molecule has 1 aliphatic rings. The number of rotatable bonds is 4. The normalized spacial score (nSPS) is 15.1. The van der Waals surface area contributed by atoms with Crippen LogP contribution >= 0.6 is 11.3 Å². The zero-order valence-corrected chi connectivity index (χ0v) is 16.1. The van der Waals surface area contributed by atoms with Crippen LogP contribution < -0.4 is 9.83 Å². The van der Waals surface area contributed by atoms with E-state index in [2.05, 4.69) is 25.6 Å². The second-order valence-electron chi connectivity index (χ2n) is 7.22. The first kappa shape index (κ1) is 17.1. The van der Waals surface area contributed by atoms with E-state index in [9.17, 15) is 4.79 Å². The quantitative estimate of drug-likeness (QED) is 0.465. The van der Waals surface area contributed by atoms with Crippen molar-refractivity contribution in [3.63, 3.8) is 0 Å². The minimum atomic E-state index is 0.0332. The topological polar surface area (TPSA) is 90.6 Å². The molecule has 0 bridgehead atoms. The van der Waals surface area contributed by atoms with Gasteiger partial charge in [-0.15, -0.1) is 15.9 Å². The third-order valence-corrected chi connectivity index (χ3v) is 6.25. The van der Waals surface area contributed by atoms with Crippen LogP contribution in [0.5, 0.6) is 0 Å². The molecular formula is C20H21N6OS+. The van der Waals surface area contributed by atoms with Gasteiger partial charge in [-0.25, -0.2) is 5.10 Å². The van der Waals surface area contributed by atoms with Gasteiger partial charge in [0.1, 0.15) is 6.20 Å². The molecular weight excluding hydrogens is 372 g/mol. The van der Waals surface area contributed by atoms with Crippen molar-refractivity contribution in [1.29, 1.82) is 0 Å². The zero-order chi connectivity index (χ0) is 18.9. The van der Waals surface area contributed by atoms with E-state index in [4.69, 9.17) is 0 Å². The Kier molecular flexibility index (Phi) is 4.40. The Labute approximate surface area is 165 Å². The number of H-pyrrole nitrogens is 2. The SMILES string of the molecule is O=C(NC1CCCCC1)c1cc(-c2c[nH][n+]3cc(-c4cn[nH]c4)cnc23)cs1. The molecule has 7 nitrogen and oxygen atoms in total. The summed E-state index contributed by atoms with van der Waals surface area (Å²) in [6.45, 7) is 0. The van der Waals surface area contributed by atoms with Gasteiger partial charge in [0.05, 0.1) is 28.4 Å². The van der Waals surface area contributed by atoms with Gasteiger partial charge in [-0.3, -0.25) is 9.89 Å². The van der Waals surface area contributed by atoms with Crippen LogP contribution in [-0.4, -0.2) is 32.2 Å². The van der Waals surface area contributed by atoms with Crippen LogP contribution in [0.2, 0.25) is 0 Å². The van der Waals surface area contributed by atoms with Crippen molar-refractivity contribution in [3.8, 4) is 22.3 Å². The summed E-state index contributed by atoms with van der Waals surface area (Å²) in [5.74, 6) is 0.0332. The monoisotopic (exact) mass is 393 g/mol. The highest BCUT2D eigenvalue weighted by molar-refractivity contribution is 7.12. The largest absolute Gasteiger partial charge is 0.355 e. The fourth-order valence-corrected chi connectivity index (χ4v) is 4.60. The smallest absolute Gasteiger partial charge is 0.349 e. The average Bonchev–Trinajstić information content (AvgIpc) is 3.47. The lowest BCUT2D eigenvalue weighted by Gasteiger charge is -2.22. The lowest BCUT2D eigenvalue weighted by Crippen LogP contribution is -2.35. The highest BCUT2D eigenvalue weighted by atomic mass is 32.1. The van der Waals surface area contributed by atoms with E-state index < -0.39 is 0 Å². The Morgan fingerprint density at radius 3 is 2.86 bits per heavy atom. The number of hydrogen-bond acceptors (Lipinski definition) is 4. The Morgan fingerprint density at radius 1 is 1.14 bits per heavy atom. The van der Waals surface area contributed by atoms with Gasteiger partial charge in [0.2, 0.25) is 0 Å². The Balaban J connectivity index is 1.39. The number of nitrogens with zero attached hydrogens (tertiary/aromatic N) is 3. The summed E-state index contributed by atoms with van der Waals surface area (Å²) in [6, 6.07) is 2.27. The van der Waals surface area contributed by atoms with E-state index in [0.717, 1.165) is 45.6 Å². The highest BCUT2D eigenvalue weighted by Crippen LogP contribution is 2.28. The van der Waals surface area contributed by atoms with Crippen molar-refractivity contribution >= 4 is 22.9 Å². The summed E-state index contributed by atoms with van der Waals surface area (Å²) in [5.41, 5.74) is 4.75. The van der Waals surface area contributed by atoms with Crippen LogP contribution in [0.4, 0.5) is 0 Å². The number of aromatic amines is 2. The van der Waals surface area contributed by atoms with Crippen LogP contribution in [0.15, 0.2) is 42.4 Å². The van der Waals surface area contributed by atoms with E-state index >= 15 is 0 Å². The molecule has 4 heterocycles. The fraction of sp³-hybridized carbons (Fsp3) is 0.300. The lowest BCUT2D eigenvalue weighted by molar-refractivity contribution is -0.578. The molecule has 3 N–H and O–H groups in total. The summed E-state index contributed by atoms with van der Waals surface area (Å²) >= 11 is 1.48. The Hall–Kier alpha value is -3.00. The van der Waals surface area contributed by atoms with Crippen molar-refractivity contribution in [2.75, 3.05) is 0 Å². The molecule has 0 aromatic carbocycles. The van der Waals surface area contributed by atoms with Crippen LogP contribution in [0.3, 0.4) is 0 Å². The van der Waals surface area contributed by atoms with Crippen LogP contribution in [0.1, 0.15) is 41.8 Å². The standard InChI is InChI=1S/C20H20N6OS/c27-20(25-16-4-2-1-3-5-16)18-6-13(12-28-18)17-10-24-26-11-15(7-21-19(17)26)14-8-22-23-9-14/h6-12,16H,1-5H2,(H2,22,23,25,27)/p+1. The molecule has 1 amide bonds. The minimum absolute atomic E-state index is 0.0332. The van der Waals surface area contributed by atoms with Gasteiger partial charge < -0.3 is 5.32 Å². The van der Waals surface area contributed by atoms with Gasteiger partial charge in [-0.2, -0.15) is 5.10 Å². The van der Waals surface area contributed by atoms with E-state index in [1.54, 1.807) is 6.20 Å². The van der Waals surface area contributed by atoms with E-state index in [1.807, 2.05) is 40.7 Å². The lowest BCUT2D eigenvalue weighted by atomic mass is 9.95. The molecule has 0 saturated heterocycles. The maximum absolute atomic E-state index is 12.6. The molecule has 142 valence electrons. The predicted molar refractivity (Wildman–Crippen MR) is 107 cm³/mol. The predicted octanol–water partition coefficient (Wildman–Crippen LogP) is 3.33. The molecule has 1 saturated carbocycles. The van der Waals surface area contributed by atoms with Crippen molar-refractivity contribution < 1.29 is 9.31 Å². The number of nitrogens with one attached hydrogen (secondary N) is 3. The third kappa shape index (κ3) is 3.20. The van der Waals surface area contributed by atoms with Crippen molar-refractivity contribution in [3.05, 3.63) is 47.3 Å². The molecule has 0 atom stereocenters. The number of carbonyl (C=O) groups is 1. The van der Waals surface area contributed by atoms with Crippen molar-refractivity contribution in [2.45, 2.75) is 38.1 Å². The zero-order valence-electron chi connectivity index (χ0n) is 15.3. The first-order valence-corrected chi connectivity index (χ1v) is 10.4. The molecule has 8 heteroatoms. The summed E-state index contributed by atoms with van der Waals surface area (Å²) in [6.07, 6.45) is 15.2. The van der Waals surface area contributed by atoms with Crippen LogP contribution in [0, 0.1) is 0 Å². The molecule has 0 spiro atoms. The molecule has 0 unspecified atom stereocenters. The first-order chi connectivity index (χ1) is 13.8. The summed E-state index contributed by atoms with van der Waals surface area (Å²) in [7, 11) is 0. The summed E-state index contributed by atoms with van der Waals surface area (Å²) in [5, 5.41) is 15.2. The van der Waals surface area contributed by atoms with Gasteiger partial charge in [0, 0.05) is 23.4 Å². The molecule has 4 aromatic heterocycles. The molecule has 0 aliphatic heterocycles. The average molecular weight is 393 g/mol. The maximum Gasteiger partial charge on any atom is 0.355 e. The first-order valence-electron chi connectivity index (χ1n) is 9.55. The third-order valence-electron chi connectivity index (χ3n) is 5.32. The Morgan fingerprint density at radius 2 is 2.04 bits per heavy atom. The Bertz CT molecular complexity index is 1110. The van der Waals surface area contributed by atoms with E-state index in [-0.39, 0.29) is 5.91 Å². The highest BCUT2D eigenvalue weighted by Gasteiger charge is 2.21. The fourth-order valence-electron chi connectivity index (χ4n) is 3.79. The molecule has 1 fully saturated rings. The van der Waals surface area contributed by atoms with Gasteiger partial charge >= 0.3 is 5.65 Å². The van der Waals surface area contributed by atoms with E-state index in [0.29, 0.717) is 6.04 Å². The number of hydrogen-bond donors (Lipinski definition) is 3. The van der Waals surface area contributed by atoms with Gasteiger partial charge in [-0.1, -0.05) is 19.3 Å². The molecule has 0 radical (unpaired) electrons. The number of amides is 1. The summed E-state index contributed by atoms with van der Waals surface area (Å²) in [4.78, 5) is 18.0. The van der Waals surface area contributed by atoms with Crippen molar-refractivity contribution in [1.82, 2.24) is 25.6 Å². The van der Waals surface area contributed by atoms with Gasteiger partial charge in [0.15, 0.2) is 6.20 Å². The second kappa shape index (κ2) is 7.20.